The van der Waals surface area contributed by atoms with E-state index in [1.165, 1.54) is 0 Å². The zero-order valence-corrected chi connectivity index (χ0v) is 17.0. The Kier molecular flexibility index (Phi) is 5.70. The van der Waals surface area contributed by atoms with Crippen LogP contribution in [0.1, 0.15) is 11.1 Å². The zero-order valence-electron chi connectivity index (χ0n) is 17.0. The van der Waals surface area contributed by atoms with Crippen LogP contribution in [0.15, 0.2) is 89.8 Å². The van der Waals surface area contributed by atoms with Gasteiger partial charge in [-0.15, -0.1) is 0 Å². The van der Waals surface area contributed by atoms with Gasteiger partial charge in [0.25, 0.3) is 0 Å². The molecule has 2 heterocycles. The Morgan fingerprint density at radius 2 is 1.90 bits per heavy atom. The largest absolute Gasteiger partial charge is 0.378 e. The molecule has 1 unspecified atom stereocenters. The molecule has 0 fully saturated rings. The summed E-state index contributed by atoms with van der Waals surface area (Å²) in [6.07, 6.45) is 2.98. The fourth-order valence-corrected chi connectivity index (χ4v) is 3.41. The summed E-state index contributed by atoms with van der Waals surface area (Å²) in [5, 5.41) is 10.1. The number of hydrogen-bond acceptors (Lipinski definition) is 6. The quantitative estimate of drug-likeness (QED) is 0.647. The van der Waals surface area contributed by atoms with Crippen LogP contribution in [0, 0.1) is 0 Å². The van der Waals surface area contributed by atoms with E-state index >= 15 is 0 Å². The van der Waals surface area contributed by atoms with Gasteiger partial charge in [0.15, 0.2) is 0 Å². The van der Waals surface area contributed by atoms with Crippen LogP contribution in [0.4, 0.5) is 11.4 Å². The maximum atomic E-state index is 12.0. The van der Waals surface area contributed by atoms with Gasteiger partial charge in [0.05, 0.1) is 5.69 Å². The number of hydrogen-bond donors (Lipinski definition) is 1. The lowest BCUT2D eigenvalue weighted by molar-refractivity contribution is 0.550. The average Bonchev–Trinajstić information content (AvgIpc) is 3.17. The molecule has 0 saturated carbocycles. The number of rotatable bonds is 6. The predicted molar refractivity (Wildman–Crippen MR) is 120 cm³/mol. The number of pyridine rings is 1. The molecule has 0 saturated heterocycles. The van der Waals surface area contributed by atoms with Crippen molar-refractivity contribution >= 4 is 23.0 Å². The second-order valence-electron chi connectivity index (χ2n) is 7.23. The Bertz CT molecular complexity index is 1090. The molecular formula is C24H23N5O. The maximum Gasteiger partial charge on any atom is 0.141 e. The third-order valence-electron chi connectivity index (χ3n) is 4.98. The molecule has 1 aliphatic rings. The Morgan fingerprint density at radius 1 is 1.07 bits per heavy atom. The first-order valence-electron chi connectivity index (χ1n) is 9.75. The average molecular weight is 397 g/mol. The summed E-state index contributed by atoms with van der Waals surface area (Å²) in [6.45, 7) is 0.594. The topological polar surface area (TPSA) is 60.8 Å². The van der Waals surface area contributed by atoms with Crippen molar-refractivity contribution in [3.05, 3.63) is 95.8 Å². The number of nitrogens with zero attached hydrogens (tertiary/aromatic N) is 4. The van der Waals surface area contributed by atoms with E-state index in [0.717, 1.165) is 22.5 Å². The lowest BCUT2D eigenvalue weighted by Gasteiger charge is -2.25. The van der Waals surface area contributed by atoms with Gasteiger partial charge in [-0.05, 0) is 35.9 Å². The molecular weight excluding hydrogens is 374 g/mol. The number of benzene rings is 2. The first kappa shape index (κ1) is 19.6. The first-order chi connectivity index (χ1) is 14.7. The van der Waals surface area contributed by atoms with E-state index in [0.29, 0.717) is 17.8 Å². The molecule has 2 aromatic carbocycles. The van der Waals surface area contributed by atoms with E-state index in [9.17, 15) is 4.79 Å². The minimum Gasteiger partial charge on any atom is -0.378 e. The fraction of sp³-hybridized carbons (Fsp3) is 0.167. The van der Waals surface area contributed by atoms with Crippen molar-refractivity contribution in [2.45, 2.75) is 12.7 Å². The molecule has 150 valence electrons. The zero-order chi connectivity index (χ0) is 20.9. The van der Waals surface area contributed by atoms with Gasteiger partial charge in [-0.2, -0.15) is 5.10 Å². The van der Waals surface area contributed by atoms with E-state index in [4.69, 9.17) is 5.10 Å². The van der Waals surface area contributed by atoms with Gasteiger partial charge >= 0.3 is 0 Å². The summed E-state index contributed by atoms with van der Waals surface area (Å²) in [6, 6.07) is 21.9. The second-order valence-corrected chi connectivity index (χ2v) is 7.23. The van der Waals surface area contributed by atoms with E-state index in [-0.39, 0.29) is 0 Å². The lowest BCUT2D eigenvalue weighted by Crippen LogP contribution is -2.41. The van der Waals surface area contributed by atoms with Gasteiger partial charge < -0.3 is 4.90 Å². The monoisotopic (exact) mass is 397 g/mol. The smallest absolute Gasteiger partial charge is 0.141 e. The molecule has 0 aliphatic carbocycles. The Morgan fingerprint density at radius 3 is 2.60 bits per heavy atom. The number of anilines is 2. The number of nitrogens with one attached hydrogen (secondary N) is 1. The van der Waals surface area contributed by atoms with Crippen molar-refractivity contribution in [3.63, 3.8) is 0 Å². The van der Waals surface area contributed by atoms with Gasteiger partial charge in [-0.3, -0.25) is 10.3 Å². The van der Waals surface area contributed by atoms with Crippen molar-refractivity contribution < 1.29 is 4.79 Å². The molecule has 0 radical (unpaired) electrons. The van der Waals surface area contributed by atoms with Crippen LogP contribution >= 0.6 is 0 Å². The summed E-state index contributed by atoms with van der Waals surface area (Å²) in [7, 11) is 3.99. The lowest BCUT2D eigenvalue weighted by atomic mass is 10.0. The minimum atomic E-state index is -0.435. The molecule has 1 aromatic heterocycles. The van der Waals surface area contributed by atoms with Crippen LogP contribution in [0.3, 0.4) is 0 Å². The molecule has 1 aliphatic heterocycles. The normalized spacial score (nSPS) is 15.7. The third kappa shape index (κ3) is 4.01. The maximum absolute atomic E-state index is 12.0. The summed E-state index contributed by atoms with van der Waals surface area (Å²) >= 11 is 0. The minimum absolute atomic E-state index is 0.435. The van der Waals surface area contributed by atoms with E-state index < -0.39 is 6.17 Å². The highest BCUT2D eigenvalue weighted by Gasteiger charge is 2.35. The SMILES string of the molecule is CN(C)c1cccc(N2N=C(c3cccnc3)C(=C=O)C2NCc2ccccc2)c1. The van der Waals surface area contributed by atoms with E-state index in [1.54, 1.807) is 12.4 Å². The molecule has 30 heavy (non-hydrogen) atoms. The Hall–Kier alpha value is -3.73. The van der Waals surface area contributed by atoms with Gasteiger partial charge in [-0.25, -0.2) is 9.80 Å². The van der Waals surface area contributed by atoms with Crippen LogP contribution < -0.4 is 15.2 Å². The third-order valence-corrected chi connectivity index (χ3v) is 4.98. The van der Waals surface area contributed by atoms with Crippen LogP contribution in [-0.4, -0.2) is 36.9 Å². The Balaban J connectivity index is 1.73. The summed E-state index contributed by atoms with van der Waals surface area (Å²) in [5.74, 6) is 2.13. The molecule has 0 bridgehead atoms. The highest BCUT2D eigenvalue weighted by atomic mass is 16.1. The van der Waals surface area contributed by atoms with Gasteiger partial charge in [0, 0.05) is 44.3 Å². The molecule has 3 aromatic rings. The fourth-order valence-electron chi connectivity index (χ4n) is 3.41. The molecule has 1 atom stereocenters. The first-order valence-corrected chi connectivity index (χ1v) is 9.75. The van der Waals surface area contributed by atoms with Gasteiger partial charge in [0.1, 0.15) is 23.4 Å². The van der Waals surface area contributed by atoms with Gasteiger partial charge in [0.2, 0.25) is 0 Å². The standard InChI is InChI=1S/C24H23N5O/c1-28(2)20-11-6-12-21(14-20)29-24(26-15-18-8-4-3-5-9-18)22(17-30)23(27-29)19-10-7-13-25-16-19/h3-14,16,24,26H,15H2,1-2H3. The predicted octanol–water partition coefficient (Wildman–Crippen LogP) is 3.25. The Labute approximate surface area is 176 Å². The molecule has 0 spiro atoms. The highest BCUT2D eigenvalue weighted by Crippen LogP contribution is 2.30. The van der Waals surface area contributed by atoms with Gasteiger partial charge in [-0.1, -0.05) is 36.4 Å². The van der Waals surface area contributed by atoms with Crippen molar-refractivity contribution in [1.29, 1.82) is 0 Å². The molecule has 1 N–H and O–H groups in total. The van der Waals surface area contributed by atoms with E-state index in [1.807, 2.05) is 84.7 Å². The van der Waals surface area contributed by atoms with Crippen molar-refractivity contribution in [3.8, 4) is 0 Å². The molecule has 4 rings (SSSR count). The van der Waals surface area contributed by atoms with Crippen molar-refractivity contribution in [2.75, 3.05) is 24.0 Å². The summed E-state index contributed by atoms with van der Waals surface area (Å²) in [4.78, 5) is 18.2. The number of aromatic nitrogens is 1. The summed E-state index contributed by atoms with van der Waals surface area (Å²) < 4.78 is 0. The van der Waals surface area contributed by atoms with Crippen molar-refractivity contribution in [1.82, 2.24) is 10.3 Å². The van der Waals surface area contributed by atoms with E-state index in [2.05, 4.69) is 22.3 Å². The summed E-state index contributed by atoms with van der Waals surface area (Å²) in [5.41, 5.74) is 4.90. The number of carbonyl (C=O) groups excluding carboxylic acids is 1. The van der Waals surface area contributed by atoms with Crippen molar-refractivity contribution in [2.24, 2.45) is 5.10 Å². The van der Waals surface area contributed by atoms with Crippen LogP contribution in [-0.2, 0) is 11.3 Å². The van der Waals surface area contributed by atoms with Crippen LogP contribution in [0.5, 0.6) is 0 Å². The highest BCUT2D eigenvalue weighted by molar-refractivity contribution is 6.19. The van der Waals surface area contributed by atoms with Crippen LogP contribution in [0.25, 0.3) is 0 Å². The van der Waals surface area contributed by atoms with Crippen LogP contribution in [0.2, 0.25) is 0 Å². The second kappa shape index (κ2) is 8.74. The molecule has 6 nitrogen and oxygen atoms in total. The molecule has 0 amide bonds. The molecule has 6 heteroatoms. The number of hydrazone groups is 1.